The molecule has 2 aromatic heterocycles. The number of nitrogens with zero attached hydrogens (tertiary/aromatic N) is 3. The average molecular weight is 296 g/mol. The molecule has 22 heavy (non-hydrogen) atoms. The Labute approximate surface area is 127 Å². The summed E-state index contributed by atoms with van der Waals surface area (Å²) in [6, 6.07) is 5.90. The molecule has 1 saturated carbocycles. The van der Waals surface area contributed by atoms with Gasteiger partial charge in [0, 0.05) is 5.92 Å². The number of benzene rings is 1. The lowest BCUT2D eigenvalue weighted by Gasteiger charge is -2.09. The van der Waals surface area contributed by atoms with Gasteiger partial charge in [0.05, 0.1) is 36.0 Å². The highest BCUT2D eigenvalue weighted by atomic mass is 16.5. The average Bonchev–Trinajstić information content (AvgIpc) is 3.09. The van der Waals surface area contributed by atoms with Crippen LogP contribution in [0.4, 0.5) is 0 Å². The van der Waals surface area contributed by atoms with Gasteiger partial charge in [-0.05, 0) is 31.9 Å². The molecule has 1 aromatic carbocycles. The Morgan fingerprint density at radius 1 is 1.45 bits per heavy atom. The van der Waals surface area contributed by atoms with Gasteiger partial charge < -0.3 is 9.72 Å². The quantitative estimate of drug-likeness (QED) is 0.751. The molecular weight excluding hydrogens is 280 g/mol. The number of aromatic amines is 1. The lowest BCUT2D eigenvalue weighted by Crippen LogP contribution is -2.09. The summed E-state index contributed by atoms with van der Waals surface area (Å²) < 4.78 is 6.99. The van der Waals surface area contributed by atoms with Crippen LogP contribution in [0, 0.1) is 0 Å². The molecule has 2 heterocycles. The maximum Gasteiger partial charge on any atom is 0.341 e. The number of carbonyl (C=O) groups excluding carboxylic acids is 1. The Balaban J connectivity index is 1.89. The van der Waals surface area contributed by atoms with Crippen LogP contribution < -0.4 is 0 Å². The minimum atomic E-state index is -0.301. The Kier molecular flexibility index (Phi) is 2.96. The number of imidazole rings is 1. The first-order valence-corrected chi connectivity index (χ1v) is 7.47. The van der Waals surface area contributed by atoms with Crippen LogP contribution in [0.3, 0.4) is 0 Å². The van der Waals surface area contributed by atoms with Gasteiger partial charge in [0.15, 0.2) is 0 Å². The van der Waals surface area contributed by atoms with Crippen molar-refractivity contribution >= 4 is 17.0 Å². The van der Waals surface area contributed by atoms with Crippen molar-refractivity contribution < 1.29 is 9.53 Å². The number of hydrogen-bond donors (Lipinski definition) is 1. The van der Waals surface area contributed by atoms with Crippen molar-refractivity contribution in [1.29, 1.82) is 0 Å². The van der Waals surface area contributed by atoms with Gasteiger partial charge in [-0.3, -0.25) is 0 Å². The summed E-state index contributed by atoms with van der Waals surface area (Å²) in [5.41, 5.74) is 4.19. The highest BCUT2D eigenvalue weighted by Gasteiger charge is 2.33. The van der Waals surface area contributed by atoms with Gasteiger partial charge >= 0.3 is 5.97 Å². The van der Waals surface area contributed by atoms with E-state index in [1.54, 1.807) is 12.5 Å². The van der Waals surface area contributed by atoms with Gasteiger partial charge in [-0.2, -0.15) is 5.10 Å². The number of aromatic nitrogens is 4. The number of H-pyrrole nitrogens is 1. The first-order valence-electron chi connectivity index (χ1n) is 7.47. The first-order chi connectivity index (χ1) is 10.8. The van der Waals surface area contributed by atoms with Crippen molar-refractivity contribution in [2.45, 2.75) is 25.7 Å². The molecule has 4 rings (SSSR count). The number of carbonyl (C=O) groups is 1. The fourth-order valence-electron chi connectivity index (χ4n) is 2.79. The number of ether oxygens (including phenoxy) is 1. The molecule has 0 radical (unpaired) electrons. The summed E-state index contributed by atoms with van der Waals surface area (Å²) >= 11 is 0. The molecule has 3 aromatic rings. The molecule has 1 aliphatic rings. The smallest absolute Gasteiger partial charge is 0.341 e. The van der Waals surface area contributed by atoms with Gasteiger partial charge in [0.2, 0.25) is 0 Å². The van der Waals surface area contributed by atoms with E-state index in [4.69, 9.17) is 4.74 Å². The molecular formula is C16H16N4O2. The molecule has 6 nitrogen and oxygen atoms in total. The molecule has 0 unspecified atom stereocenters. The van der Waals surface area contributed by atoms with Crippen LogP contribution in [0.15, 0.2) is 30.7 Å². The minimum absolute atomic E-state index is 0.301. The molecule has 112 valence electrons. The molecule has 1 N–H and O–H groups in total. The van der Waals surface area contributed by atoms with Crippen molar-refractivity contribution in [3.05, 3.63) is 42.0 Å². The number of hydrogen-bond acceptors (Lipinski definition) is 4. The standard InChI is InChI=1S/C16H16N4O2/c1-2-22-16(21)11-8-19-20(15(11)10-6-7-10)13-5-3-4-12-14(13)18-9-17-12/h3-5,8-10H,2,6-7H2,1H3,(H,17,18). The highest BCUT2D eigenvalue weighted by Crippen LogP contribution is 2.43. The SMILES string of the molecule is CCOC(=O)c1cnn(-c2cccc3[nH]cnc23)c1C1CC1. The van der Waals surface area contributed by atoms with E-state index in [1.807, 2.05) is 29.8 Å². The van der Waals surface area contributed by atoms with E-state index in [2.05, 4.69) is 15.1 Å². The Bertz CT molecular complexity index is 845. The predicted molar refractivity (Wildman–Crippen MR) is 81.1 cm³/mol. The molecule has 1 aliphatic carbocycles. The van der Waals surface area contributed by atoms with Gasteiger partial charge in [-0.25, -0.2) is 14.5 Å². The molecule has 0 bridgehead atoms. The Morgan fingerprint density at radius 2 is 2.32 bits per heavy atom. The van der Waals surface area contributed by atoms with Crippen LogP contribution in [-0.2, 0) is 4.74 Å². The van der Waals surface area contributed by atoms with Crippen molar-refractivity contribution in [1.82, 2.24) is 19.7 Å². The summed E-state index contributed by atoms with van der Waals surface area (Å²) in [6.07, 6.45) is 5.43. The van der Waals surface area contributed by atoms with Crippen molar-refractivity contribution in [3.8, 4) is 5.69 Å². The Hall–Kier alpha value is -2.63. The molecule has 6 heteroatoms. The van der Waals surface area contributed by atoms with Gasteiger partial charge in [-0.1, -0.05) is 6.07 Å². The third-order valence-electron chi connectivity index (χ3n) is 3.92. The van der Waals surface area contributed by atoms with E-state index in [9.17, 15) is 4.79 Å². The van der Waals surface area contributed by atoms with E-state index >= 15 is 0 Å². The largest absolute Gasteiger partial charge is 0.462 e. The molecule has 0 aliphatic heterocycles. The molecule has 0 spiro atoms. The lowest BCUT2D eigenvalue weighted by atomic mass is 10.1. The predicted octanol–water partition coefficient (Wildman–Crippen LogP) is 2.80. The summed E-state index contributed by atoms with van der Waals surface area (Å²) in [5, 5.41) is 4.44. The van der Waals surface area contributed by atoms with E-state index in [-0.39, 0.29) is 5.97 Å². The molecule has 0 atom stereocenters. The van der Waals surface area contributed by atoms with Gasteiger partial charge in [0.1, 0.15) is 11.1 Å². The molecule has 1 fully saturated rings. The number of fused-ring (bicyclic) bond motifs is 1. The van der Waals surface area contributed by atoms with Gasteiger partial charge in [-0.15, -0.1) is 0 Å². The monoisotopic (exact) mass is 296 g/mol. The zero-order valence-corrected chi connectivity index (χ0v) is 12.2. The van der Waals surface area contributed by atoms with Crippen molar-refractivity contribution in [2.75, 3.05) is 6.61 Å². The minimum Gasteiger partial charge on any atom is -0.462 e. The third-order valence-corrected chi connectivity index (χ3v) is 3.92. The highest BCUT2D eigenvalue weighted by molar-refractivity contribution is 5.91. The first kappa shape index (κ1) is 13.1. The fraction of sp³-hybridized carbons (Fsp3) is 0.312. The van der Waals surface area contributed by atoms with E-state index in [0.717, 1.165) is 35.3 Å². The summed E-state index contributed by atoms with van der Waals surface area (Å²) in [6.45, 7) is 2.17. The summed E-state index contributed by atoms with van der Waals surface area (Å²) in [5.74, 6) is 0.0703. The second kappa shape index (κ2) is 4.98. The van der Waals surface area contributed by atoms with E-state index < -0.39 is 0 Å². The van der Waals surface area contributed by atoms with E-state index in [0.29, 0.717) is 18.1 Å². The number of esters is 1. The van der Waals surface area contributed by atoms with Crippen LogP contribution in [0.5, 0.6) is 0 Å². The maximum absolute atomic E-state index is 12.2. The van der Waals surface area contributed by atoms with Crippen LogP contribution in [0.25, 0.3) is 16.7 Å². The second-order valence-electron chi connectivity index (χ2n) is 5.43. The Morgan fingerprint density at radius 3 is 3.09 bits per heavy atom. The number of nitrogens with one attached hydrogen (secondary N) is 1. The van der Waals surface area contributed by atoms with Crippen LogP contribution >= 0.6 is 0 Å². The zero-order chi connectivity index (χ0) is 15.1. The van der Waals surface area contributed by atoms with E-state index in [1.165, 1.54) is 0 Å². The van der Waals surface area contributed by atoms with Crippen LogP contribution in [0.1, 0.15) is 41.7 Å². The van der Waals surface area contributed by atoms with Crippen molar-refractivity contribution in [2.24, 2.45) is 0 Å². The normalized spacial score (nSPS) is 14.4. The lowest BCUT2D eigenvalue weighted by molar-refractivity contribution is 0.0525. The second-order valence-corrected chi connectivity index (χ2v) is 5.43. The van der Waals surface area contributed by atoms with Crippen LogP contribution in [0.2, 0.25) is 0 Å². The maximum atomic E-state index is 12.2. The van der Waals surface area contributed by atoms with Crippen molar-refractivity contribution in [3.63, 3.8) is 0 Å². The number of para-hydroxylation sites is 1. The topological polar surface area (TPSA) is 72.8 Å². The van der Waals surface area contributed by atoms with Crippen LogP contribution in [-0.4, -0.2) is 32.3 Å². The molecule has 0 saturated heterocycles. The molecule has 0 amide bonds. The summed E-state index contributed by atoms with van der Waals surface area (Å²) in [7, 11) is 0. The fourth-order valence-corrected chi connectivity index (χ4v) is 2.79. The third kappa shape index (κ3) is 1.99. The zero-order valence-electron chi connectivity index (χ0n) is 12.2. The summed E-state index contributed by atoms with van der Waals surface area (Å²) in [4.78, 5) is 19.6. The number of rotatable bonds is 4. The van der Waals surface area contributed by atoms with Gasteiger partial charge in [0.25, 0.3) is 0 Å².